The molecule has 29 fully saturated rings. The minimum absolute atomic E-state index is 0.829. The lowest BCUT2D eigenvalue weighted by Crippen LogP contribution is -2.32. The summed E-state index contributed by atoms with van der Waals surface area (Å²) in [7, 11) is 0. The summed E-state index contributed by atoms with van der Waals surface area (Å²) in [5.74, 6) is 30.4. The summed E-state index contributed by atoms with van der Waals surface area (Å²) in [4.78, 5) is 0. The van der Waals surface area contributed by atoms with Crippen molar-refractivity contribution >= 4 is 0 Å². The number of fused-ring (bicyclic) bond motifs is 30. The molecule has 16 atom stereocenters. The van der Waals surface area contributed by atoms with Gasteiger partial charge in [-0.05, 0) is 393 Å². The van der Waals surface area contributed by atoms with Crippen LogP contribution in [0.15, 0.2) is 0 Å². The maximum atomic E-state index is 2.47. The fourth-order valence-corrected chi connectivity index (χ4v) is 36.4. The van der Waals surface area contributed by atoms with Crippen molar-refractivity contribution in [3.8, 4) is 0 Å². The highest BCUT2D eigenvalue weighted by Crippen LogP contribution is 2.58. The first kappa shape index (κ1) is 105. The standard InChI is InChI=1S/C13H24.3C12H22.3C11H20.2C10H18.2C9H16.C8H14/c1-11-8-9-12-4-2-6-13(10-11)7-3-5-12;1-10-8-11-4-2-5-12(9-10)7-3-6-11;1-10-5-6-11-3-2-4-12(9-10)8-7-11;1-11-6-5-9-12(10-11)7-3-2-4-8-12;1-9-2-3-10-4-6-11(8-9)7-5-10;1-9-5-6-10-3-2-4-11(7-9)8-10;1-10-5-8-11(9-10)6-3-2-4-7-11;1-8-2-3-9-4-5-10(6-8)7-9;1-9-4-7-10(8-9)5-2-3-6-10;1-8-3-6-9(7-8)4-2-5-9;1-7-2-3-8-5-9(4-7)6-8;1-6-2-7-4-8(3-6)5-7/h11-13H,2-10H2,1H3;2*10-12H,2-9H2,1H3;11H,2-10H2,1H3;2*9-11H,2-8H2,1H3;10H,2-9H2,1H3;8-10H,2-7H2,1H3;9H,2-8H2,1H3;8H,2-7H2,1H3;7-9H,2-6H2,1H3;6-8H,2-5H2,1H3/t11-,12?,13?;;10-,11?,12?;11-;2*9-,10?,11?;10-;8-,9?,10?;9-;8-;7-,8?,9?;/m1.111111111./s1. The molecule has 29 aliphatic rings. The lowest BCUT2D eigenvalue weighted by molar-refractivity contribution is 0.0750. The van der Waals surface area contributed by atoms with Crippen LogP contribution in [0.5, 0.6) is 0 Å². The van der Waals surface area contributed by atoms with Crippen LogP contribution in [0.1, 0.15) is 622 Å². The lowest BCUT2D eigenvalue weighted by atomic mass is 9.62. The fourth-order valence-electron chi connectivity index (χ4n) is 36.4. The lowest BCUT2D eigenvalue weighted by Gasteiger charge is -2.44. The molecule has 29 aliphatic carbocycles. The van der Waals surface area contributed by atoms with Gasteiger partial charge in [0, 0.05) is 0 Å². The molecule has 0 heterocycles. The monoisotopic (exact) mass is 1770 g/mol. The van der Waals surface area contributed by atoms with Gasteiger partial charge < -0.3 is 0 Å². The quantitative estimate of drug-likeness (QED) is 0.227. The highest BCUT2D eigenvalue weighted by Gasteiger charge is 2.44. The normalized spacial score (nSPS) is 42.7. The molecule has 0 N–H and O–H groups in total. The smallest absolute Gasteiger partial charge is 0.0295 e. The van der Waals surface area contributed by atoms with Crippen molar-refractivity contribution in [1.29, 1.82) is 0 Å². The van der Waals surface area contributed by atoms with Gasteiger partial charge in [0.25, 0.3) is 0 Å². The zero-order valence-corrected chi connectivity index (χ0v) is 89.6. The van der Waals surface area contributed by atoms with Gasteiger partial charge in [-0.15, -0.1) is 0 Å². The van der Waals surface area contributed by atoms with Gasteiger partial charge in [-0.25, -0.2) is 0 Å². The molecule has 0 heteroatoms. The van der Waals surface area contributed by atoms with E-state index in [-0.39, 0.29) is 0 Å². The third-order valence-corrected chi connectivity index (χ3v) is 44.0. The molecule has 744 valence electrons. The molecule has 29 rings (SSSR count). The molecule has 29 saturated carbocycles. The van der Waals surface area contributed by atoms with Crippen molar-refractivity contribution in [3.05, 3.63) is 0 Å². The summed E-state index contributed by atoms with van der Waals surface area (Å²) in [5.41, 5.74) is 3.42. The van der Waals surface area contributed by atoms with Crippen LogP contribution < -0.4 is 0 Å². The van der Waals surface area contributed by atoms with Crippen LogP contribution in [0.4, 0.5) is 0 Å². The Morgan fingerprint density at radius 1 is 0.102 bits per heavy atom. The Labute approximate surface area is 804 Å². The van der Waals surface area contributed by atoms with Gasteiger partial charge in [0.15, 0.2) is 0 Å². The second-order valence-electron chi connectivity index (χ2n) is 56.8. The Kier molecular flexibility index (Phi) is 45.0. The highest BCUT2D eigenvalue weighted by atomic mass is 14.5. The summed E-state index contributed by atoms with van der Waals surface area (Å²) in [5, 5.41) is 0. The van der Waals surface area contributed by atoms with Gasteiger partial charge in [-0.2, -0.15) is 0 Å². The van der Waals surface area contributed by atoms with Crippen molar-refractivity contribution in [1.82, 2.24) is 0 Å². The Morgan fingerprint density at radius 2 is 0.281 bits per heavy atom. The second kappa shape index (κ2) is 54.7. The van der Waals surface area contributed by atoms with E-state index in [2.05, 4.69) is 83.1 Å². The van der Waals surface area contributed by atoms with Gasteiger partial charge in [-0.3, -0.25) is 0 Å². The molecule has 128 heavy (non-hydrogen) atoms. The summed E-state index contributed by atoms with van der Waals surface area (Å²) >= 11 is 0. The zero-order chi connectivity index (χ0) is 89.6. The van der Waals surface area contributed by atoms with Crippen LogP contribution in [0.2, 0.25) is 0 Å². The van der Waals surface area contributed by atoms with Crippen LogP contribution in [0, 0.1) is 187 Å². The Bertz CT molecular complexity index is 2790. The third-order valence-electron chi connectivity index (χ3n) is 44.0. The molecule has 6 unspecified atom stereocenters. The van der Waals surface area contributed by atoms with Crippen molar-refractivity contribution in [2.75, 3.05) is 0 Å². The van der Waals surface area contributed by atoms with Gasteiger partial charge in [0.1, 0.15) is 0 Å². The van der Waals surface area contributed by atoms with E-state index in [9.17, 15) is 0 Å². The third kappa shape index (κ3) is 36.6. The average Bonchev–Trinajstić information content (AvgIpc) is 1.69. The Balaban J connectivity index is 0.000000120. The molecule has 0 saturated heterocycles. The van der Waals surface area contributed by atoms with Crippen molar-refractivity contribution < 1.29 is 0 Å². The number of rotatable bonds is 0. The first-order valence-electron chi connectivity index (χ1n) is 62.0. The molecular formula is C128H232. The first-order valence-corrected chi connectivity index (χ1v) is 62.0. The van der Waals surface area contributed by atoms with Crippen LogP contribution in [-0.4, -0.2) is 0 Å². The van der Waals surface area contributed by atoms with Gasteiger partial charge in [0.05, 0.1) is 0 Å². The van der Waals surface area contributed by atoms with Crippen molar-refractivity contribution in [3.63, 3.8) is 0 Å². The largest absolute Gasteiger partial charge is 0.0625 e. The van der Waals surface area contributed by atoms with E-state index >= 15 is 0 Å². The molecule has 0 aromatic carbocycles. The van der Waals surface area contributed by atoms with Crippen LogP contribution in [0.3, 0.4) is 0 Å². The van der Waals surface area contributed by atoms with Crippen LogP contribution in [-0.2, 0) is 0 Å². The molecule has 0 aliphatic heterocycles. The van der Waals surface area contributed by atoms with E-state index in [1.807, 2.05) is 0 Å². The molecule has 16 bridgehead atoms. The summed E-state index contributed by atoms with van der Waals surface area (Å²) < 4.78 is 0. The zero-order valence-electron chi connectivity index (χ0n) is 89.6. The summed E-state index contributed by atoms with van der Waals surface area (Å²) in [6.07, 6.45) is 129. The van der Waals surface area contributed by atoms with E-state index in [1.54, 1.807) is 270 Å². The van der Waals surface area contributed by atoms with E-state index < -0.39 is 0 Å². The summed E-state index contributed by atoms with van der Waals surface area (Å²) in [6.45, 7) is 29.3. The van der Waals surface area contributed by atoms with Gasteiger partial charge >= 0.3 is 0 Å². The van der Waals surface area contributed by atoms with Gasteiger partial charge in [0.2, 0.25) is 0 Å². The number of hydrogen-bond acceptors (Lipinski definition) is 0. The van der Waals surface area contributed by atoms with E-state index in [1.165, 1.54) is 270 Å². The summed E-state index contributed by atoms with van der Waals surface area (Å²) in [6, 6.07) is 0. The van der Waals surface area contributed by atoms with Crippen LogP contribution >= 0.6 is 0 Å². The van der Waals surface area contributed by atoms with Crippen molar-refractivity contribution in [2.45, 2.75) is 622 Å². The minimum atomic E-state index is 0.829. The number of hydrogen-bond donors (Lipinski definition) is 0. The Morgan fingerprint density at radius 3 is 0.625 bits per heavy atom. The predicted molar refractivity (Wildman–Crippen MR) is 563 cm³/mol. The molecular weight excluding hydrogens is 1540 g/mol. The first-order chi connectivity index (χ1) is 62.0. The predicted octanol–water partition coefficient (Wildman–Crippen LogP) is 42.4. The van der Waals surface area contributed by atoms with Crippen LogP contribution in [0.25, 0.3) is 0 Å². The average molecular weight is 1770 g/mol. The molecule has 0 nitrogen and oxygen atoms in total. The maximum Gasteiger partial charge on any atom is -0.0295 e. The van der Waals surface area contributed by atoms with Gasteiger partial charge in [-0.1, -0.05) is 417 Å². The van der Waals surface area contributed by atoms with E-state index in [0.29, 0.717) is 0 Å². The maximum absolute atomic E-state index is 2.47. The Hall–Kier alpha value is 0. The second-order valence-corrected chi connectivity index (χ2v) is 56.8. The van der Waals surface area contributed by atoms with E-state index in [4.69, 9.17) is 0 Å². The molecule has 0 amide bonds. The highest BCUT2D eigenvalue weighted by molar-refractivity contribution is 4.96. The molecule has 4 spiro atoms. The fraction of sp³-hybridized carbons (Fsp3) is 1.00. The topological polar surface area (TPSA) is 0 Å². The minimum Gasteiger partial charge on any atom is -0.0625 e. The SMILES string of the molecule is CC1CC2CC(C1)C2.CC1CC2CCCC(CCC2)C1.C[C@@H]1CCC2(CCC2)C1.C[C@@H]1CCC2(CCCC2)C1.C[C@@H]1CCC2(CCCCC2)C1.C[C@@H]1CCC2CC(C2)C1.C[C@@H]1CCC2CCC(C2)C1.C[C@@H]1CCC2CCC(CC2)C1.C[C@@H]1CCC2CCCC(C2)C1.C[C@@H]1CCC2CCCC(CC2)C1.C[C@@H]1CCC2CCCC(CCC2)C1.C[C@@H]1CCCC2(CCCCC2)C1. The molecule has 0 aromatic rings. The van der Waals surface area contributed by atoms with E-state index in [0.717, 1.165) is 187 Å². The molecule has 0 radical (unpaired) electrons. The van der Waals surface area contributed by atoms with Crippen molar-refractivity contribution in [2.24, 2.45) is 187 Å². The molecule has 0 aromatic heterocycles.